The number of carbonyl (C=O) groups excluding carboxylic acids is 3. The zero-order valence-electron chi connectivity index (χ0n) is 14.5. The molecule has 27 heavy (non-hydrogen) atoms. The minimum Gasteiger partial charge on any atom is -0.326 e. The monoisotopic (exact) mass is 373 g/mol. The van der Waals surface area contributed by atoms with Crippen LogP contribution in [0.15, 0.2) is 42.5 Å². The summed E-state index contributed by atoms with van der Waals surface area (Å²) in [6, 6.07) is 9.76. The lowest BCUT2D eigenvalue weighted by molar-refractivity contribution is -0.122. The van der Waals surface area contributed by atoms with E-state index in [9.17, 15) is 23.2 Å². The lowest BCUT2D eigenvalue weighted by Crippen LogP contribution is -2.28. The molecule has 3 rings (SSSR count). The first-order valence-electron chi connectivity index (χ1n) is 8.27. The van der Waals surface area contributed by atoms with Crippen molar-refractivity contribution in [2.75, 3.05) is 22.1 Å². The molecule has 0 bridgehead atoms. The molecule has 0 spiro atoms. The third-order valence-corrected chi connectivity index (χ3v) is 4.18. The highest BCUT2D eigenvalue weighted by Gasteiger charge is 2.35. The third kappa shape index (κ3) is 4.28. The lowest BCUT2D eigenvalue weighted by Gasteiger charge is -2.17. The van der Waals surface area contributed by atoms with Crippen molar-refractivity contribution >= 4 is 34.8 Å². The topological polar surface area (TPSA) is 78.5 Å². The zero-order chi connectivity index (χ0) is 19.6. The van der Waals surface area contributed by atoms with Gasteiger partial charge in [0.05, 0.1) is 5.92 Å². The molecule has 140 valence electrons. The van der Waals surface area contributed by atoms with E-state index < -0.39 is 23.5 Å². The van der Waals surface area contributed by atoms with Crippen molar-refractivity contribution < 1.29 is 23.2 Å². The number of hydrogen-bond donors (Lipinski definition) is 2. The predicted molar refractivity (Wildman–Crippen MR) is 96.2 cm³/mol. The highest BCUT2D eigenvalue weighted by molar-refractivity contribution is 6.03. The van der Waals surface area contributed by atoms with E-state index in [4.69, 9.17) is 0 Å². The summed E-state index contributed by atoms with van der Waals surface area (Å²) in [5.41, 5.74) is 1.34. The van der Waals surface area contributed by atoms with Gasteiger partial charge < -0.3 is 15.5 Å². The van der Waals surface area contributed by atoms with Gasteiger partial charge in [0.25, 0.3) is 0 Å². The number of hydrogen-bond acceptors (Lipinski definition) is 3. The van der Waals surface area contributed by atoms with Gasteiger partial charge >= 0.3 is 0 Å². The third-order valence-electron chi connectivity index (χ3n) is 4.18. The highest BCUT2D eigenvalue weighted by atomic mass is 19.2. The van der Waals surface area contributed by atoms with E-state index >= 15 is 0 Å². The maximum Gasteiger partial charge on any atom is 0.229 e. The molecule has 1 fully saturated rings. The largest absolute Gasteiger partial charge is 0.326 e. The maximum absolute atomic E-state index is 13.2. The van der Waals surface area contributed by atoms with E-state index in [-0.39, 0.29) is 30.5 Å². The molecule has 1 unspecified atom stereocenters. The summed E-state index contributed by atoms with van der Waals surface area (Å²) in [5, 5.41) is 5.14. The molecule has 0 aliphatic carbocycles. The van der Waals surface area contributed by atoms with Gasteiger partial charge in [0.2, 0.25) is 17.7 Å². The number of benzene rings is 2. The summed E-state index contributed by atoms with van der Waals surface area (Å²) in [7, 11) is 0. The molecule has 6 nitrogen and oxygen atoms in total. The molecular weight excluding hydrogens is 356 g/mol. The molecule has 1 aliphatic rings. The fourth-order valence-electron chi connectivity index (χ4n) is 2.88. The number of carbonyl (C=O) groups is 3. The number of amides is 3. The van der Waals surface area contributed by atoms with E-state index in [0.29, 0.717) is 11.4 Å². The minimum atomic E-state index is -1.06. The fraction of sp³-hybridized carbons (Fsp3) is 0.211. The Bertz CT molecular complexity index is 900. The van der Waals surface area contributed by atoms with Crippen LogP contribution >= 0.6 is 0 Å². The van der Waals surface area contributed by atoms with Gasteiger partial charge in [-0.25, -0.2) is 8.78 Å². The first-order chi connectivity index (χ1) is 12.8. The molecule has 2 aromatic carbocycles. The predicted octanol–water partition coefficient (Wildman–Crippen LogP) is 2.91. The van der Waals surface area contributed by atoms with Crippen molar-refractivity contribution in [3.05, 3.63) is 54.1 Å². The first kappa shape index (κ1) is 18.5. The summed E-state index contributed by atoms with van der Waals surface area (Å²) in [6.45, 7) is 1.57. The Morgan fingerprint density at radius 2 is 1.67 bits per heavy atom. The molecule has 1 atom stereocenters. The van der Waals surface area contributed by atoms with Gasteiger partial charge in [0, 0.05) is 43.0 Å². The standard InChI is InChI=1S/C19H17F2N3O3/c1-11(25)22-13-2-5-15(6-3-13)24-10-12(8-18(24)26)19(27)23-14-4-7-16(20)17(21)9-14/h2-7,9,12H,8,10H2,1H3,(H,22,25)(H,23,27). The molecular formula is C19H17F2N3O3. The van der Waals surface area contributed by atoms with E-state index in [0.717, 1.165) is 12.1 Å². The molecule has 8 heteroatoms. The molecule has 1 saturated heterocycles. The zero-order valence-corrected chi connectivity index (χ0v) is 14.5. The molecule has 1 aliphatic heterocycles. The van der Waals surface area contributed by atoms with Crippen molar-refractivity contribution in [1.82, 2.24) is 0 Å². The maximum atomic E-state index is 13.2. The van der Waals surface area contributed by atoms with Gasteiger partial charge in [-0.15, -0.1) is 0 Å². The number of anilines is 3. The van der Waals surface area contributed by atoms with Crippen LogP contribution in [0.5, 0.6) is 0 Å². The van der Waals surface area contributed by atoms with Crippen LogP contribution in [0.3, 0.4) is 0 Å². The van der Waals surface area contributed by atoms with Gasteiger partial charge in [0.1, 0.15) is 0 Å². The summed E-state index contributed by atoms with van der Waals surface area (Å²) in [5.74, 6) is -3.52. The van der Waals surface area contributed by atoms with Crippen LogP contribution in [-0.2, 0) is 14.4 Å². The molecule has 1 heterocycles. The molecule has 0 saturated carbocycles. The first-order valence-corrected chi connectivity index (χ1v) is 8.27. The van der Waals surface area contributed by atoms with Crippen LogP contribution in [-0.4, -0.2) is 24.3 Å². The Morgan fingerprint density at radius 3 is 2.30 bits per heavy atom. The molecule has 2 N–H and O–H groups in total. The second-order valence-corrected chi connectivity index (χ2v) is 6.25. The van der Waals surface area contributed by atoms with Crippen LogP contribution in [0.2, 0.25) is 0 Å². The number of nitrogens with one attached hydrogen (secondary N) is 2. The average molecular weight is 373 g/mol. The Labute approximate surface area is 154 Å². The lowest BCUT2D eigenvalue weighted by atomic mass is 10.1. The Kier molecular flexibility index (Phi) is 5.16. The van der Waals surface area contributed by atoms with Crippen molar-refractivity contribution in [2.24, 2.45) is 5.92 Å². The fourth-order valence-corrected chi connectivity index (χ4v) is 2.88. The normalized spacial score (nSPS) is 16.3. The van der Waals surface area contributed by atoms with E-state index in [1.807, 2.05) is 0 Å². The van der Waals surface area contributed by atoms with Crippen molar-refractivity contribution in [3.63, 3.8) is 0 Å². The van der Waals surface area contributed by atoms with Crippen LogP contribution in [0, 0.1) is 17.6 Å². The van der Waals surface area contributed by atoms with Gasteiger partial charge in [0.15, 0.2) is 11.6 Å². The summed E-state index contributed by atoms with van der Waals surface area (Å²) >= 11 is 0. The van der Waals surface area contributed by atoms with E-state index in [1.165, 1.54) is 17.9 Å². The number of halogens is 2. The smallest absolute Gasteiger partial charge is 0.229 e. The van der Waals surface area contributed by atoms with E-state index in [1.54, 1.807) is 24.3 Å². The molecule has 2 aromatic rings. The number of rotatable bonds is 4. The highest BCUT2D eigenvalue weighted by Crippen LogP contribution is 2.27. The van der Waals surface area contributed by atoms with Crippen molar-refractivity contribution in [2.45, 2.75) is 13.3 Å². The SMILES string of the molecule is CC(=O)Nc1ccc(N2CC(C(=O)Nc3ccc(F)c(F)c3)CC2=O)cc1. The van der Waals surface area contributed by atoms with E-state index in [2.05, 4.69) is 10.6 Å². The molecule has 0 aromatic heterocycles. The Hall–Kier alpha value is -3.29. The minimum absolute atomic E-state index is 0.0168. The van der Waals surface area contributed by atoms with Gasteiger partial charge in [-0.1, -0.05) is 0 Å². The molecule has 0 radical (unpaired) electrons. The van der Waals surface area contributed by atoms with Crippen molar-refractivity contribution in [3.8, 4) is 0 Å². The number of nitrogens with zero attached hydrogens (tertiary/aromatic N) is 1. The Balaban J connectivity index is 1.66. The van der Waals surface area contributed by atoms with Crippen LogP contribution < -0.4 is 15.5 Å². The Morgan fingerprint density at radius 1 is 1.00 bits per heavy atom. The average Bonchev–Trinajstić information content (AvgIpc) is 3.00. The quantitative estimate of drug-likeness (QED) is 0.865. The van der Waals surface area contributed by atoms with Crippen LogP contribution in [0.1, 0.15) is 13.3 Å². The second kappa shape index (κ2) is 7.53. The summed E-state index contributed by atoms with van der Waals surface area (Å²) in [4.78, 5) is 37.2. The van der Waals surface area contributed by atoms with Crippen LogP contribution in [0.25, 0.3) is 0 Å². The van der Waals surface area contributed by atoms with Gasteiger partial charge in [-0.3, -0.25) is 14.4 Å². The summed E-state index contributed by atoms with van der Waals surface area (Å²) < 4.78 is 26.2. The molecule has 3 amide bonds. The van der Waals surface area contributed by atoms with Gasteiger partial charge in [-0.05, 0) is 36.4 Å². The summed E-state index contributed by atoms with van der Waals surface area (Å²) in [6.07, 6.45) is 0.0168. The second-order valence-electron chi connectivity index (χ2n) is 6.25. The van der Waals surface area contributed by atoms with Gasteiger partial charge in [-0.2, -0.15) is 0 Å². The van der Waals surface area contributed by atoms with Crippen molar-refractivity contribution in [1.29, 1.82) is 0 Å². The van der Waals surface area contributed by atoms with Crippen LogP contribution in [0.4, 0.5) is 25.8 Å².